The van der Waals surface area contributed by atoms with Gasteiger partial charge in [0, 0.05) is 6.04 Å². The lowest BCUT2D eigenvalue weighted by atomic mass is 9.64. The van der Waals surface area contributed by atoms with Crippen LogP contribution in [0.5, 0.6) is 0 Å². The van der Waals surface area contributed by atoms with E-state index >= 15 is 0 Å². The van der Waals surface area contributed by atoms with Crippen LogP contribution in [0.25, 0.3) is 0 Å². The van der Waals surface area contributed by atoms with Gasteiger partial charge in [0.15, 0.2) is 0 Å². The highest BCUT2D eigenvalue weighted by atomic mass is 15.0. The molecule has 0 amide bonds. The van der Waals surface area contributed by atoms with Crippen LogP contribution in [0.4, 0.5) is 0 Å². The lowest BCUT2D eigenvalue weighted by Crippen LogP contribution is -2.40. The number of hydrogen-bond acceptors (Lipinski definition) is 1. The first-order valence-electron chi connectivity index (χ1n) is 6.00. The maximum absolute atomic E-state index is 6.47. The fourth-order valence-corrected chi connectivity index (χ4v) is 7.20. The van der Waals surface area contributed by atoms with Crippen LogP contribution in [0, 0.1) is 46.8 Å². The summed E-state index contributed by atoms with van der Waals surface area (Å²) in [6.07, 6.45) is 3.14. The maximum Gasteiger partial charge on any atom is 0.0133 e. The third-order valence-corrected chi connectivity index (χ3v) is 7.09. The molecule has 6 aliphatic carbocycles. The van der Waals surface area contributed by atoms with Gasteiger partial charge >= 0.3 is 0 Å². The molecule has 0 saturated heterocycles. The van der Waals surface area contributed by atoms with Gasteiger partial charge in [-0.2, -0.15) is 0 Å². The first-order chi connectivity index (χ1) is 6.24. The van der Waals surface area contributed by atoms with Crippen LogP contribution in [-0.4, -0.2) is 6.04 Å². The van der Waals surface area contributed by atoms with E-state index in [4.69, 9.17) is 5.73 Å². The van der Waals surface area contributed by atoms with Crippen molar-refractivity contribution < 1.29 is 0 Å². The van der Waals surface area contributed by atoms with Crippen molar-refractivity contribution in [2.75, 3.05) is 0 Å². The molecular formula is C12H17N. The highest BCUT2D eigenvalue weighted by Crippen LogP contribution is 2.86. The molecule has 0 aromatic carbocycles. The van der Waals surface area contributed by atoms with Gasteiger partial charge in [-0.05, 0) is 59.7 Å². The van der Waals surface area contributed by atoms with Gasteiger partial charge in [-0.1, -0.05) is 6.92 Å². The van der Waals surface area contributed by atoms with Crippen molar-refractivity contribution in [3.63, 3.8) is 0 Å². The second-order valence-electron chi connectivity index (χ2n) is 6.64. The third kappa shape index (κ3) is 0.353. The zero-order chi connectivity index (χ0) is 8.53. The standard InChI is InChI=1S/C12H17N/c1-12-7-3-5-4-2-6(10(5)12)9(8(4)7)11(12)13/h4-11H,2-3,13H2,1H3/t4?,5?,6-,7?,8?,9-,10-,11+,12?/m1/s1. The fourth-order valence-electron chi connectivity index (χ4n) is 7.20. The lowest BCUT2D eigenvalue weighted by Gasteiger charge is -2.40. The molecule has 13 heavy (non-hydrogen) atoms. The van der Waals surface area contributed by atoms with Crippen molar-refractivity contribution in [1.82, 2.24) is 0 Å². The van der Waals surface area contributed by atoms with Crippen LogP contribution >= 0.6 is 0 Å². The molecule has 9 atom stereocenters. The van der Waals surface area contributed by atoms with E-state index in [9.17, 15) is 0 Å². The van der Waals surface area contributed by atoms with Gasteiger partial charge < -0.3 is 5.73 Å². The summed E-state index contributed by atoms with van der Waals surface area (Å²) in [6.45, 7) is 2.53. The Bertz CT molecular complexity index is 321. The summed E-state index contributed by atoms with van der Waals surface area (Å²) in [6, 6.07) is 0.593. The molecule has 0 aliphatic heterocycles. The molecule has 70 valence electrons. The number of rotatable bonds is 0. The van der Waals surface area contributed by atoms with Gasteiger partial charge in [0.25, 0.3) is 0 Å². The van der Waals surface area contributed by atoms with Gasteiger partial charge in [0.1, 0.15) is 0 Å². The zero-order valence-corrected chi connectivity index (χ0v) is 8.11. The minimum Gasteiger partial charge on any atom is -0.327 e. The Kier molecular flexibility index (Phi) is 0.697. The van der Waals surface area contributed by atoms with Crippen molar-refractivity contribution >= 4 is 0 Å². The quantitative estimate of drug-likeness (QED) is 0.593. The molecule has 2 N–H and O–H groups in total. The van der Waals surface area contributed by atoms with Crippen molar-refractivity contribution in [2.24, 2.45) is 52.6 Å². The number of hydrogen-bond donors (Lipinski definition) is 1. The normalized spacial score (nSPS) is 85.4. The molecule has 0 heterocycles. The number of nitrogens with two attached hydrogens (primary N) is 1. The van der Waals surface area contributed by atoms with E-state index in [1.54, 1.807) is 12.8 Å². The predicted octanol–water partition coefficient (Wildman–Crippen LogP) is 1.48. The lowest BCUT2D eigenvalue weighted by molar-refractivity contribution is 0.0672. The minimum atomic E-state index is 0.593. The van der Waals surface area contributed by atoms with Gasteiger partial charge in [-0.25, -0.2) is 0 Å². The van der Waals surface area contributed by atoms with Crippen LogP contribution in [0.1, 0.15) is 19.8 Å². The van der Waals surface area contributed by atoms with Crippen LogP contribution < -0.4 is 5.73 Å². The van der Waals surface area contributed by atoms with E-state index in [1.807, 2.05) is 0 Å². The summed E-state index contributed by atoms with van der Waals surface area (Å²) in [5.74, 6) is 7.57. The van der Waals surface area contributed by atoms with E-state index in [1.165, 1.54) is 0 Å². The fraction of sp³-hybridized carbons (Fsp3) is 1.00. The molecule has 6 rings (SSSR count). The summed E-state index contributed by atoms with van der Waals surface area (Å²) >= 11 is 0. The van der Waals surface area contributed by atoms with Crippen LogP contribution in [-0.2, 0) is 0 Å². The van der Waals surface area contributed by atoms with Crippen LogP contribution in [0.2, 0.25) is 0 Å². The molecule has 0 radical (unpaired) electrons. The molecule has 0 aromatic rings. The summed E-state index contributed by atoms with van der Waals surface area (Å²) in [5.41, 5.74) is 7.08. The average molecular weight is 175 g/mol. The predicted molar refractivity (Wildman–Crippen MR) is 49.7 cm³/mol. The Hall–Kier alpha value is -0.0400. The molecule has 6 saturated carbocycles. The molecule has 5 unspecified atom stereocenters. The third-order valence-electron chi connectivity index (χ3n) is 7.09. The van der Waals surface area contributed by atoms with Gasteiger partial charge in [-0.3, -0.25) is 0 Å². The van der Waals surface area contributed by atoms with Crippen molar-refractivity contribution in [2.45, 2.75) is 25.8 Å². The largest absolute Gasteiger partial charge is 0.327 e. The van der Waals surface area contributed by atoms with E-state index < -0.39 is 0 Å². The summed E-state index contributed by atoms with van der Waals surface area (Å²) in [7, 11) is 0. The molecule has 6 bridgehead atoms. The Labute approximate surface area is 79.1 Å². The van der Waals surface area contributed by atoms with Crippen LogP contribution in [0.15, 0.2) is 0 Å². The highest BCUT2D eigenvalue weighted by molar-refractivity contribution is 5.33. The first-order valence-corrected chi connectivity index (χ1v) is 6.00. The zero-order valence-electron chi connectivity index (χ0n) is 8.11. The molecule has 1 heteroatoms. The summed E-state index contributed by atoms with van der Waals surface area (Å²) in [4.78, 5) is 0. The Morgan fingerprint density at radius 3 is 2.69 bits per heavy atom. The topological polar surface area (TPSA) is 26.0 Å². The Morgan fingerprint density at radius 1 is 1.08 bits per heavy atom. The molecule has 0 spiro atoms. The van der Waals surface area contributed by atoms with E-state index in [-0.39, 0.29) is 0 Å². The van der Waals surface area contributed by atoms with Gasteiger partial charge in [0.2, 0.25) is 0 Å². The van der Waals surface area contributed by atoms with E-state index in [0.717, 1.165) is 41.4 Å². The van der Waals surface area contributed by atoms with Gasteiger partial charge in [0.05, 0.1) is 0 Å². The average Bonchev–Trinajstić information content (AvgIpc) is 2.73. The molecule has 0 aromatic heterocycles. The molecular weight excluding hydrogens is 158 g/mol. The second-order valence-corrected chi connectivity index (χ2v) is 6.64. The van der Waals surface area contributed by atoms with Crippen LogP contribution in [0.3, 0.4) is 0 Å². The van der Waals surface area contributed by atoms with E-state index in [0.29, 0.717) is 11.5 Å². The monoisotopic (exact) mass is 175 g/mol. The Balaban J connectivity index is 1.90. The summed E-state index contributed by atoms with van der Waals surface area (Å²) in [5, 5.41) is 0. The molecule has 6 aliphatic rings. The second kappa shape index (κ2) is 1.41. The van der Waals surface area contributed by atoms with E-state index in [2.05, 4.69) is 6.92 Å². The van der Waals surface area contributed by atoms with Crippen molar-refractivity contribution in [3.8, 4) is 0 Å². The SMILES string of the molecule is CC12C3CC4C5C[C@H]([C@H](C53)[C@@H]1N)[C@@H]42. The summed E-state index contributed by atoms with van der Waals surface area (Å²) < 4.78 is 0. The first kappa shape index (κ1) is 6.44. The van der Waals surface area contributed by atoms with Crippen molar-refractivity contribution in [3.05, 3.63) is 0 Å². The highest BCUT2D eigenvalue weighted by Gasteiger charge is 2.84. The van der Waals surface area contributed by atoms with Gasteiger partial charge in [-0.15, -0.1) is 0 Å². The molecule has 1 nitrogen and oxygen atoms in total. The molecule has 6 fully saturated rings. The Morgan fingerprint density at radius 2 is 1.92 bits per heavy atom. The smallest absolute Gasteiger partial charge is 0.0133 e. The van der Waals surface area contributed by atoms with Crippen molar-refractivity contribution in [1.29, 1.82) is 0 Å². The minimum absolute atomic E-state index is 0.593. The maximum atomic E-state index is 6.47.